The summed E-state index contributed by atoms with van der Waals surface area (Å²) in [6.45, 7) is 1.94. The summed E-state index contributed by atoms with van der Waals surface area (Å²) in [5.74, 6) is 0. The molecular weight excluding hydrogens is 120 g/mol. The van der Waals surface area contributed by atoms with Gasteiger partial charge in [-0.3, -0.25) is 0 Å². The maximum atomic E-state index is 8.17. The summed E-state index contributed by atoms with van der Waals surface area (Å²) in [5, 5.41) is 21.7. The molecule has 0 atom stereocenters. The highest BCUT2D eigenvalue weighted by Crippen LogP contribution is 1.88. The van der Waals surface area contributed by atoms with Gasteiger partial charge in [-0.2, -0.15) is 0 Å². The Hall–Kier alpha value is -1.06. The van der Waals surface area contributed by atoms with Crippen LogP contribution in [-0.4, -0.2) is 22.3 Å². The van der Waals surface area contributed by atoms with Crippen LogP contribution < -0.4 is 0 Å². The van der Waals surface area contributed by atoms with E-state index in [0.29, 0.717) is 12.1 Å². The van der Waals surface area contributed by atoms with Crippen LogP contribution in [-0.2, 0) is 0 Å². The second-order valence-electron chi connectivity index (χ2n) is 1.59. The van der Waals surface area contributed by atoms with Gasteiger partial charge in [-0.25, -0.2) is 0 Å². The summed E-state index contributed by atoms with van der Waals surface area (Å²) in [5.41, 5.74) is 0.389. The average Bonchev–Trinajstić information content (AvgIpc) is 1.88. The van der Waals surface area contributed by atoms with Gasteiger partial charge >= 0.3 is 0 Å². The Morgan fingerprint density at radius 2 is 2.22 bits per heavy atom. The minimum absolute atomic E-state index is 0.389. The zero-order valence-corrected chi connectivity index (χ0v) is 5.28. The van der Waals surface area contributed by atoms with Gasteiger partial charge in [0.25, 0.3) is 0 Å². The molecule has 0 spiro atoms. The van der Waals surface area contributed by atoms with Crippen LogP contribution in [0.5, 0.6) is 0 Å². The van der Waals surface area contributed by atoms with Gasteiger partial charge < -0.3 is 10.4 Å². The number of oxime groups is 2. The van der Waals surface area contributed by atoms with E-state index in [1.54, 1.807) is 0 Å². The summed E-state index contributed by atoms with van der Waals surface area (Å²) in [6.07, 6.45) is 2.61. The van der Waals surface area contributed by atoms with Crippen LogP contribution in [0.4, 0.5) is 0 Å². The van der Waals surface area contributed by atoms with Gasteiger partial charge in [0.2, 0.25) is 0 Å². The van der Waals surface area contributed by atoms with E-state index < -0.39 is 0 Å². The highest BCUT2D eigenvalue weighted by atomic mass is 16.4. The van der Waals surface area contributed by atoms with E-state index in [0.717, 1.165) is 12.6 Å². The Morgan fingerprint density at radius 3 is 2.56 bits per heavy atom. The monoisotopic (exact) mass is 130 g/mol. The van der Waals surface area contributed by atoms with Gasteiger partial charge in [0, 0.05) is 0 Å². The predicted molar refractivity (Wildman–Crippen MR) is 34.4 cm³/mol. The molecule has 0 bridgehead atoms. The summed E-state index contributed by atoms with van der Waals surface area (Å²) in [4.78, 5) is 0. The Labute approximate surface area is 53.5 Å². The van der Waals surface area contributed by atoms with Gasteiger partial charge in [-0.1, -0.05) is 23.7 Å². The minimum atomic E-state index is 0.389. The molecular formula is C5H10N2O2. The van der Waals surface area contributed by atoms with Gasteiger partial charge in [0.15, 0.2) is 0 Å². The predicted octanol–water partition coefficient (Wildman–Crippen LogP) is 1.08. The van der Waals surface area contributed by atoms with Crippen molar-refractivity contribution in [3.05, 3.63) is 0 Å². The highest BCUT2D eigenvalue weighted by Gasteiger charge is 1.91. The normalized spacial score (nSPS) is 12.8. The lowest BCUT2D eigenvalue weighted by Gasteiger charge is -1.89. The molecule has 0 rings (SSSR count). The Morgan fingerprint density at radius 1 is 1.56 bits per heavy atom. The SMILES string of the molecule is CCCC(/C=N/O)=N\O. The van der Waals surface area contributed by atoms with Crippen LogP contribution in [0.25, 0.3) is 0 Å². The van der Waals surface area contributed by atoms with Crippen LogP contribution in [0.3, 0.4) is 0 Å². The van der Waals surface area contributed by atoms with Crippen LogP contribution in [0.15, 0.2) is 10.3 Å². The standard InChI is InChI=1S/C5H10N2O2/c1-2-3-5(7-9)4-6-8/h4,8-9H,2-3H2,1H3/b6-4+,7-5+. The van der Waals surface area contributed by atoms with Crippen LogP contribution in [0.1, 0.15) is 19.8 Å². The molecule has 4 heteroatoms. The van der Waals surface area contributed by atoms with E-state index in [9.17, 15) is 0 Å². The summed E-state index contributed by atoms with van der Waals surface area (Å²) >= 11 is 0. The Bertz CT molecular complexity index is 120. The lowest BCUT2D eigenvalue weighted by atomic mass is 10.2. The number of rotatable bonds is 3. The van der Waals surface area contributed by atoms with E-state index in [4.69, 9.17) is 10.4 Å². The van der Waals surface area contributed by atoms with E-state index in [1.165, 1.54) is 0 Å². The Balaban J connectivity index is 3.70. The van der Waals surface area contributed by atoms with E-state index in [1.807, 2.05) is 6.92 Å². The third kappa shape index (κ3) is 3.52. The fourth-order valence-corrected chi connectivity index (χ4v) is 0.463. The molecule has 0 aromatic carbocycles. The van der Waals surface area contributed by atoms with Gasteiger partial charge in [-0.05, 0) is 6.42 Å². The van der Waals surface area contributed by atoms with Gasteiger partial charge in [-0.15, -0.1) is 0 Å². The zero-order valence-electron chi connectivity index (χ0n) is 5.28. The molecule has 0 saturated heterocycles. The van der Waals surface area contributed by atoms with Crippen LogP contribution in [0.2, 0.25) is 0 Å². The molecule has 0 saturated carbocycles. The second-order valence-corrected chi connectivity index (χ2v) is 1.59. The first-order chi connectivity index (χ1) is 4.35. The molecule has 0 amide bonds. The summed E-state index contributed by atoms with van der Waals surface area (Å²) in [6, 6.07) is 0. The van der Waals surface area contributed by atoms with Crippen LogP contribution >= 0.6 is 0 Å². The van der Waals surface area contributed by atoms with Crippen molar-refractivity contribution >= 4 is 11.9 Å². The quantitative estimate of drug-likeness (QED) is 0.341. The third-order valence-electron chi connectivity index (χ3n) is 0.841. The molecule has 2 N–H and O–H groups in total. The van der Waals surface area contributed by atoms with Crippen molar-refractivity contribution in [3.63, 3.8) is 0 Å². The fourth-order valence-electron chi connectivity index (χ4n) is 0.463. The molecule has 4 nitrogen and oxygen atoms in total. The fraction of sp³-hybridized carbons (Fsp3) is 0.600. The molecule has 0 unspecified atom stereocenters. The van der Waals surface area contributed by atoms with E-state index in [2.05, 4.69) is 10.3 Å². The van der Waals surface area contributed by atoms with Crippen molar-refractivity contribution in [2.24, 2.45) is 10.3 Å². The zero-order chi connectivity index (χ0) is 7.11. The van der Waals surface area contributed by atoms with Gasteiger partial charge in [0.1, 0.15) is 5.71 Å². The number of hydrogen-bond acceptors (Lipinski definition) is 4. The van der Waals surface area contributed by atoms with E-state index >= 15 is 0 Å². The number of nitrogens with zero attached hydrogens (tertiary/aromatic N) is 2. The van der Waals surface area contributed by atoms with Crippen LogP contribution in [0, 0.1) is 0 Å². The van der Waals surface area contributed by atoms with Crippen molar-refractivity contribution in [1.82, 2.24) is 0 Å². The lowest BCUT2D eigenvalue weighted by Crippen LogP contribution is -1.98. The van der Waals surface area contributed by atoms with Crippen molar-refractivity contribution in [1.29, 1.82) is 0 Å². The summed E-state index contributed by atoms with van der Waals surface area (Å²) < 4.78 is 0. The molecule has 0 heterocycles. The maximum absolute atomic E-state index is 8.17. The van der Waals surface area contributed by atoms with Crippen molar-refractivity contribution < 1.29 is 10.4 Å². The van der Waals surface area contributed by atoms with Crippen molar-refractivity contribution in [3.8, 4) is 0 Å². The van der Waals surface area contributed by atoms with Crippen molar-refractivity contribution in [2.75, 3.05) is 0 Å². The lowest BCUT2D eigenvalue weighted by molar-refractivity contribution is 0.314. The Kier molecular flexibility index (Phi) is 4.49. The molecule has 0 radical (unpaired) electrons. The largest absolute Gasteiger partial charge is 0.411 e. The topological polar surface area (TPSA) is 65.2 Å². The molecule has 0 aromatic rings. The smallest absolute Gasteiger partial charge is 0.101 e. The molecule has 0 aliphatic rings. The first kappa shape index (κ1) is 7.94. The maximum Gasteiger partial charge on any atom is 0.101 e. The first-order valence-electron chi connectivity index (χ1n) is 2.73. The molecule has 0 aliphatic carbocycles. The summed E-state index contributed by atoms with van der Waals surface area (Å²) in [7, 11) is 0. The first-order valence-corrected chi connectivity index (χ1v) is 2.73. The minimum Gasteiger partial charge on any atom is -0.411 e. The van der Waals surface area contributed by atoms with Crippen molar-refractivity contribution in [2.45, 2.75) is 19.8 Å². The molecule has 0 aliphatic heterocycles. The third-order valence-corrected chi connectivity index (χ3v) is 0.841. The van der Waals surface area contributed by atoms with Gasteiger partial charge in [0.05, 0.1) is 6.21 Å². The molecule has 0 fully saturated rings. The molecule has 52 valence electrons. The second kappa shape index (κ2) is 5.08. The molecule has 9 heavy (non-hydrogen) atoms. The van der Waals surface area contributed by atoms with E-state index in [-0.39, 0.29) is 0 Å². The molecule has 0 aromatic heterocycles. The highest BCUT2D eigenvalue weighted by molar-refractivity contribution is 6.30. The average molecular weight is 130 g/mol. The number of hydrogen-bond donors (Lipinski definition) is 2.